The number of imide groups is 1. The second kappa shape index (κ2) is 19.8. The highest BCUT2D eigenvalue weighted by molar-refractivity contribution is 6.01. The van der Waals surface area contributed by atoms with Crippen LogP contribution in [0.4, 0.5) is 13.2 Å². The Hall–Kier alpha value is -4.99. The van der Waals surface area contributed by atoms with Crippen molar-refractivity contribution in [1.82, 2.24) is 29.2 Å². The first-order valence-corrected chi connectivity index (χ1v) is 24.5. The Kier molecular flexibility index (Phi) is 14.4. The van der Waals surface area contributed by atoms with Crippen LogP contribution in [0.15, 0.2) is 71.5 Å². The number of piperazine rings is 1. The number of methoxy groups -OCH3 is 1. The molecule has 1 aliphatic carbocycles. The standard InChI is InChI=1S/C53H69F3N6O6/c1-50(2,53(54,55)56)35-60(25-23-52(24-30-68-51(3,4)34-52)41-16-18-42(67-6)19-17-41)33-37-9-13-39(14-10-37)38-11-7-36(8-12-38)32-59-26-28-61(29-27-59)48(65)40-15-20-43-45(31-40)58(5)49(66)62(43)44-21-22-46(63)57-47(44)64/h9-10,13-20,31,36,38,44H,7-8,11-12,21-30,32-35H2,1-6H3,(H,57,63,64)/t36-,38+,44?,52-/m1/s1. The van der Waals surface area contributed by atoms with Crippen molar-refractivity contribution in [3.8, 4) is 5.75 Å². The molecule has 2 atom stereocenters. The SMILES string of the molecule is COc1ccc([C@]2(CCN(Cc3ccc([C@H]4CC[C@@H](CN5CCN(C(=O)c6ccc7c(c6)n(C)c(=O)n7C6CCC(=O)NC6=O)CC5)CC4)cc3)CC(C)(C)C(F)(F)F)CCOC(C)(C)C2)cc1. The number of nitrogens with one attached hydrogen (secondary N) is 1. The summed E-state index contributed by atoms with van der Waals surface area (Å²) in [5.74, 6) is 0.850. The van der Waals surface area contributed by atoms with Gasteiger partial charge in [0.05, 0.1) is 29.2 Å². The van der Waals surface area contributed by atoms with Gasteiger partial charge in [0, 0.05) is 76.9 Å². The number of imidazole rings is 1. The monoisotopic (exact) mass is 943 g/mol. The van der Waals surface area contributed by atoms with E-state index in [9.17, 15) is 32.3 Å². The van der Waals surface area contributed by atoms with E-state index in [4.69, 9.17) is 9.47 Å². The number of amides is 3. The van der Waals surface area contributed by atoms with Crippen molar-refractivity contribution in [2.75, 3.05) is 59.5 Å². The molecule has 4 aliphatic rings. The molecule has 3 aliphatic heterocycles. The average Bonchev–Trinajstić information content (AvgIpc) is 3.55. The predicted molar refractivity (Wildman–Crippen MR) is 256 cm³/mol. The summed E-state index contributed by atoms with van der Waals surface area (Å²) < 4.78 is 57.6. The zero-order valence-electron chi connectivity index (χ0n) is 40.6. The molecular weight excluding hydrogens is 874 g/mol. The van der Waals surface area contributed by atoms with Gasteiger partial charge >= 0.3 is 11.9 Å². The number of fused-ring (bicyclic) bond motifs is 1. The number of benzene rings is 3. The highest BCUT2D eigenvalue weighted by Gasteiger charge is 2.49. The molecule has 4 aromatic rings. The molecule has 3 aromatic carbocycles. The molecule has 4 heterocycles. The molecule has 3 amide bonds. The van der Waals surface area contributed by atoms with E-state index in [-0.39, 0.29) is 47.9 Å². The van der Waals surface area contributed by atoms with Crippen LogP contribution in [0, 0.1) is 11.3 Å². The number of hydrogen-bond acceptors (Lipinski definition) is 8. The molecule has 0 radical (unpaired) electrons. The number of halogens is 3. The Balaban J connectivity index is 0.842. The highest BCUT2D eigenvalue weighted by atomic mass is 19.4. The second-order valence-corrected chi connectivity index (χ2v) is 21.3. The average molecular weight is 943 g/mol. The van der Waals surface area contributed by atoms with Gasteiger partial charge in [0.15, 0.2) is 0 Å². The minimum atomic E-state index is -4.34. The lowest BCUT2D eigenvalue weighted by atomic mass is 9.67. The van der Waals surface area contributed by atoms with Crippen molar-refractivity contribution in [2.24, 2.45) is 18.4 Å². The van der Waals surface area contributed by atoms with Crippen LogP contribution in [0.1, 0.15) is 124 Å². The van der Waals surface area contributed by atoms with Gasteiger partial charge < -0.3 is 14.4 Å². The van der Waals surface area contributed by atoms with Crippen molar-refractivity contribution in [1.29, 1.82) is 0 Å². The van der Waals surface area contributed by atoms with Gasteiger partial charge in [0.25, 0.3) is 5.91 Å². The summed E-state index contributed by atoms with van der Waals surface area (Å²) in [6.45, 7) is 12.0. The van der Waals surface area contributed by atoms with E-state index in [1.165, 1.54) is 34.1 Å². The number of carbonyl (C=O) groups is 3. The fourth-order valence-electron chi connectivity index (χ4n) is 11.5. The van der Waals surface area contributed by atoms with Crippen LogP contribution < -0.4 is 15.7 Å². The van der Waals surface area contributed by atoms with Gasteiger partial charge in [0.2, 0.25) is 11.8 Å². The molecule has 68 heavy (non-hydrogen) atoms. The van der Waals surface area contributed by atoms with Crippen molar-refractivity contribution >= 4 is 28.8 Å². The molecule has 1 unspecified atom stereocenters. The summed E-state index contributed by atoms with van der Waals surface area (Å²) in [5, 5.41) is 2.33. The molecule has 0 spiro atoms. The van der Waals surface area contributed by atoms with E-state index in [1.807, 2.05) is 21.9 Å². The molecular formula is C53H69F3N6O6. The third-order valence-electron chi connectivity index (χ3n) is 15.6. The molecule has 3 saturated heterocycles. The van der Waals surface area contributed by atoms with Gasteiger partial charge in [-0.2, -0.15) is 13.2 Å². The molecule has 0 bridgehead atoms. The van der Waals surface area contributed by atoms with E-state index >= 15 is 0 Å². The molecule has 8 rings (SSSR count). The van der Waals surface area contributed by atoms with Gasteiger partial charge in [-0.3, -0.25) is 38.6 Å². The number of nitrogens with zero attached hydrogens (tertiary/aromatic N) is 5. The summed E-state index contributed by atoms with van der Waals surface area (Å²) in [6.07, 6.45) is 2.73. The molecule has 4 fully saturated rings. The van der Waals surface area contributed by atoms with Gasteiger partial charge in [-0.05, 0) is 144 Å². The number of aryl methyl sites for hydroxylation is 1. The van der Waals surface area contributed by atoms with E-state index in [1.54, 1.807) is 32.4 Å². The molecule has 368 valence electrons. The highest BCUT2D eigenvalue weighted by Crippen LogP contribution is 2.46. The largest absolute Gasteiger partial charge is 0.497 e. The molecule has 1 saturated carbocycles. The van der Waals surface area contributed by atoms with Crippen LogP contribution in [-0.2, 0) is 33.3 Å². The first-order valence-electron chi connectivity index (χ1n) is 24.5. The minimum Gasteiger partial charge on any atom is -0.497 e. The van der Waals surface area contributed by atoms with Crippen molar-refractivity contribution in [3.05, 3.63) is 99.5 Å². The fraction of sp³-hybridized carbons (Fsp3) is 0.585. The summed E-state index contributed by atoms with van der Waals surface area (Å²) in [6, 6.07) is 21.1. The topological polar surface area (TPSA) is 118 Å². The van der Waals surface area contributed by atoms with Crippen LogP contribution in [0.2, 0.25) is 0 Å². The van der Waals surface area contributed by atoms with Gasteiger partial charge in [-0.1, -0.05) is 36.4 Å². The molecule has 12 nitrogen and oxygen atoms in total. The number of hydrogen-bond donors (Lipinski definition) is 1. The summed E-state index contributed by atoms with van der Waals surface area (Å²) in [5.41, 5.74) is 2.22. The Labute approximate surface area is 398 Å². The van der Waals surface area contributed by atoms with E-state index in [2.05, 4.69) is 60.5 Å². The van der Waals surface area contributed by atoms with Gasteiger partial charge in [-0.25, -0.2) is 4.79 Å². The van der Waals surface area contributed by atoms with Crippen LogP contribution in [-0.4, -0.2) is 113 Å². The third kappa shape index (κ3) is 10.7. The summed E-state index contributed by atoms with van der Waals surface area (Å²) in [4.78, 5) is 57.6. The summed E-state index contributed by atoms with van der Waals surface area (Å²) >= 11 is 0. The first-order chi connectivity index (χ1) is 32.2. The number of alkyl halides is 3. The Morgan fingerprint density at radius 1 is 0.897 bits per heavy atom. The first kappa shape index (κ1) is 49.4. The quantitative estimate of drug-likeness (QED) is 0.126. The molecule has 1 aromatic heterocycles. The number of rotatable bonds is 14. The van der Waals surface area contributed by atoms with E-state index in [0.29, 0.717) is 67.6 Å². The zero-order chi connectivity index (χ0) is 48.6. The smallest absolute Gasteiger partial charge is 0.395 e. The zero-order valence-corrected chi connectivity index (χ0v) is 40.6. The fourth-order valence-corrected chi connectivity index (χ4v) is 11.5. The lowest BCUT2D eigenvalue weighted by Crippen LogP contribution is -2.50. The van der Waals surface area contributed by atoms with Crippen molar-refractivity contribution in [3.63, 3.8) is 0 Å². The lowest BCUT2D eigenvalue weighted by Gasteiger charge is -2.46. The Morgan fingerprint density at radius 3 is 2.22 bits per heavy atom. The number of aromatic nitrogens is 2. The maximum absolute atomic E-state index is 14.4. The maximum atomic E-state index is 14.4. The Bertz CT molecular complexity index is 2500. The van der Waals surface area contributed by atoms with E-state index in [0.717, 1.165) is 69.5 Å². The van der Waals surface area contributed by atoms with Crippen LogP contribution in [0.5, 0.6) is 5.75 Å². The van der Waals surface area contributed by atoms with Crippen LogP contribution in [0.25, 0.3) is 11.0 Å². The van der Waals surface area contributed by atoms with E-state index < -0.39 is 23.5 Å². The van der Waals surface area contributed by atoms with Crippen molar-refractivity contribution in [2.45, 2.75) is 121 Å². The van der Waals surface area contributed by atoms with Gasteiger partial charge in [0.1, 0.15) is 11.8 Å². The number of piperidine rings is 1. The predicted octanol–water partition coefficient (Wildman–Crippen LogP) is 8.37. The van der Waals surface area contributed by atoms with Crippen LogP contribution >= 0.6 is 0 Å². The normalized spacial score (nSPS) is 24.1. The van der Waals surface area contributed by atoms with Crippen LogP contribution in [0.3, 0.4) is 0 Å². The number of carbonyl (C=O) groups excluding carboxylic acids is 3. The number of ether oxygens (including phenoxy) is 2. The maximum Gasteiger partial charge on any atom is 0.395 e. The Morgan fingerprint density at radius 2 is 1.59 bits per heavy atom. The third-order valence-corrected chi connectivity index (χ3v) is 15.6. The van der Waals surface area contributed by atoms with Crippen molar-refractivity contribution < 1.29 is 37.0 Å². The lowest BCUT2D eigenvalue weighted by molar-refractivity contribution is -0.217. The molecule has 15 heteroatoms. The summed E-state index contributed by atoms with van der Waals surface area (Å²) in [7, 11) is 3.27. The van der Waals surface area contributed by atoms with Gasteiger partial charge in [-0.15, -0.1) is 0 Å². The molecule has 1 N–H and O–H groups in total. The second-order valence-electron chi connectivity index (χ2n) is 21.3. The minimum absolute atomic E-state index is 0.0886.